The topological polar surface area (TPSA) is 32.3 Å². The molecule has 0 aliphatic carbocycles. The first-order chi connectivity index (χ1) is 10.2. The molecule has 0 aromatic heterocycles. The summed E-state index contributed by atoms with van der Waals surface area (Å²) in [6, 6.07) is 17.7. The Morgan fingerprint density at radius 2 is 1.71 bits per heavy atom. The lowest BCUT2D eigenvalue weighted by atomic mass is 10.1. The van der Waals surface area contributed by atoms with Crippen LogP contribution in [-0.4, -0.2) is 24.4 Å². The highest BCUT2D eigenvalue weighted by molar-refractivity contribution is 5.94. The summed E-state index contributed by atoms with van der Waals surface area (Å²) < 4.78 is 0. The molecular weight excluding hydrogens is 260 g/mol. The van der Waals surface area contributed by atoms with Gasteiger partial charge < -0.3 is 10.2 Å². The second kappa shape index (κ2) is 7.48. The third-order valence-electron chi connectivity index (χ3n) is 3.32. The molecule has 3 nitrogen and oxygen atoms in total. The zero-order chi connectivity index (χ0) is 15.1. The van der Waals surface area contributed by atoms with Gasteiger partial charge in [-0.2, -0.15) is 0 Å². The highest BCUT2D eigenvalue weighted by Gasteiger charge is 2.11. The fraction of sp³-hybridized carbons (Fsp3) is 0.278. The monoisotopic (exact) mass is 282 g/mol. The standard InChI is InChI=1S/C18H22N2O/c1-3-13-19-17-11-9-16(10-12-17)18(21)20(2)14-15-7-5-4-6-8-15/h4-12,19H,3,13-14H2,1-2H3. The van der Waals surface area contributed by atoms with E-state index < -0.39 is 0 Å². The summed E-state index contributed by atoms with van der Waals surface area (Å²) in [7, 11) is 1.83. The van der Waals surface area contributed by atoms with Gasteiger partial charge in [0.25, 0.3) is 5.91 Å². The van der Waals surface area contributed by atoms with Crippen LogP contribution in [-0.2, 0) is 6.54 Å². The van der Waals surface area contributed by atoms with E-state index in [0.717, 1.165) is 29.8 Å². The van der Waals surface area contributed by atoms with Crippen molar-refractivity contribution in [3.05, 3.63) is 65.7 Å². The van der Waals surface area contributed by atoms with Crippen molar-refractivity contribution in [3.8, 4) is 0 Å². The van der Waals surface area contributed by atoms with Crippen molar-refractivity contribution in [2.45, 2.75) is 19.9 Å². The van der Waals surface area contributed by atoms with Gasteiger partial charge in [-0.15, -0.1) is 0 Å². The van der Waals surface area contributed by atoms with Crippen molar-refractivity contribution in [3.63, 3.8) is 0 Å². The van der Waals surface area contributed by atoms with Gasteiger partial charge in [0.1, 0.15) is 0 Å². The summed E-state index contributed by atoms with van der Waals surface area (Å²) in [5, 5.41) is 3.30. The number of amides is 1. The molecule has 0 unspecified atom stereocenters. The molecule has 0 radical (unpaired) electrons. The molecular formula is C18H22N2O. The molecule has 1 N–H and O–H groups in total. The molecule has 1 amide bonds. The number of hydrogen-bond donors (Lipinski definition) is 1. The van der Waals surface area contributed by atoms with Crippen LogP contribution < -0.4 is 5.32 Å². The largest absolute Gasteiger partial charge is 0.385 e. The van der Waals surface area contributed by atoms with Crippen molar-refractivity contribution < 1.29 is 4.79 Å². The lowest BCUT2D eigenvalue weighted by molar-refractivity contribution is 0.0785. The Morgan fingerprint density at radius 3 is 2.33 bits per heavy atom. The first-order valence-electron chi connectivity index (χ1n) is 7.34. The van der Waals surface area contributed by atoms with Crippen LogP contribution in [0.3, 0.4) is 0 Å². The predicted molar refractivity (Wildman–Crippen MR) is 87.5 cm³/mol. The summed E-state index contributed by atoms with van der Waals surface area (Å²) in [5.41, 5.74) is 2.91. The number of benzene rings is 2. The van der Waals surface area contributed by atoms with E-state index in [4.69, 9.17) is 0 Å². The SMILES string of the molecule is CCCNc1ccc(C(=O)N(C)Cc2ccccc2)cc1. The molecule has 0 heterocycles. The number of carbonyl (C=O) groups is 1. The second-order valence-corrected chi connectivity index (χ2v) is 5.15. The van der Waals surface area contributed by atoms with E-state index in [-0.39, 0.29) is 5.91 Å². The predicted octanol–water partition coefficient (Wildman–Crippen LogP) is 3.78. The third kappa shape index (κ3) is 4.35. The van der Waals surface area contributed by atoms with Gasteiger partial charge in [-0.1, -0.05) is 37.3 Å². The van der Waals surface area contributed by atoms with Crippen LogP contribution in [0.1, 0.15) is 29.3 Å². The second-order valence-electron chi connectivity index (χ2n) is 5.15. The Kier molecular flexibility index (Phi) is 5.38. The number of nitrogens with zero attached hydrogens (tertiary/aromatic N) is 1. The van der Waals surface area contributed by atoms with Gasteiger partial charge in [0.2, 0.25) is 0 Å². The minimum atomic E-state index is 0.0425. The maximum absolute atomic E-state index is 12.4. The van der Waals surface area contributed by atoms with Crippen molar-refractivity contribution in [1.82, 2.24) is 4.90 Å². The van der Waals surface area contributed by atoms with Gasteiger partial charge in [0, 0.05) is 31.4 Å². The van der Waals surface area contributed by atoms with Crippen LogP contribution in [0.25, 0.3) is 0 Å². The molecule has 2 aromatic carbocycles. The van der Waals surface area contributed by atoms with Gasteiger partial charge in [0.15, 0.2) is 0 Å². The fourth-order valence-electron chi connectivity index (χ4n) is 2.15. The zero-order valence-electron chi connectivity index (χ0n) is 12.7. The van der Waals surface area contributed by atoms with E-state index in [1.165, 1.54) is 0 Å². The Morgan fingerprint density at radius 1 is 1.05 bits per heavy atom. The summed E-state index contributed by atoms with van der Waals surface area (Å²) in [6.45, 7) is 3.69. The van der Waals surface area contributed by atoms with E-state index in [9.17, 15) is 4.79 Å². The molecule has 0 aliphatic heterocycles. The maximum Gasteiger partial charge on any atom is 0.253 e. The van der Waals surface area contributed by atoms with Gasteiger partial charge >= 0.3 is 0 Å². The molecule has 0 saturated carbocycles. The maximum atomic E-state index is 12.4. The van der Waals surface area contributed by atoms with E-state index in [1.54, 1.807) is 4.90 Å². The van der Waals surface area contributed by atoms with Gasteiger partial charge in [0.05, 0.1) is 0 Å². The zero-order valence-corrected chi connectivity index (χ0v) is 12.7. The lowest BCUT2D eigenvalue weighted by Gasteiger charge is -2.17. The van der Waals surface area contributed by atoms with Crippen LogP contribution in [0.2, 0.25) is 0 Å². The minimum absolute atomic E-state index is 0.0425. The van der Waals surface area contributed by atoms with E-state index in [1.807, 2.05) is 61.6 Å². The lowest BCUT2D eigenvalue weighted by Crippen LogP contribution is -2.26. The summed E-state index contributed by atoms with van der Waals surface area (Å²) >= 11 is 0. The molecule has 0 fully saturated rings. The van der Waals surface area contributed by atoms with Crippen LogP contribution in [0.15, 0.2) is 54.6 Å². The van der Waals surface area contributed by atoms with Crippen molar-refractivity contribution in [2.75, 3.05) is 18.9 Å². The van der Waals surface area contributed by atoms with Crippen LogP contribution >= 0.6 is 0 Å². The third-order valence-corrected chi connectivity index (χ3v) is 3.32. The van der Waals surface area contributed by atoms with Crippen LogP contribution in [0.5, 0.6) is 0 Å². The molecule has 21 heavy (non-hydrogen) atoms. The van der Waals surface area contributed by atoms with Crippen LogP contribution in [0, 0.1) is 0 Å². The highest BCUT2D eigenvalue weighted by atomic mass is 16.2. The van der Waals surface area contributed by atoms with E-state index >= 15 is 0 Å². The number of nitrogens with one attached hydrogen (secondary N) is 1. The molecule has 3 heteroatoms. The quantitative estimate of drug-likeness (QED) is 0.874. The van der Waals surface area contributed by atoms with E-state index in [2.05, 4.69) is 12.2 Å². The molecule has 0 atom stereocenters. The molecule has 0 bridgehead atoms. The molecule has 0 spiro atoms. The average Bonchev–Trinajstić information content (AvgIpc) is 2.53. The average molecular weight is 282 g/mol. The first-order valence-corrected chi connectivity index (χ1v) is 7.34. The van der Waals surface area contributed by atoms with E-state index in [0.29, 0.717) is 6.54 Å². The van der Waals surface area contributed by atoms with Gasteiger partial charge in [-0.25, -0.2) is 0 Å². The highest BCUT2D eigenvalue weighted by Crippen LogP contribution is 2.12. The Bertz CT molecular complexity index is 564. The summed E-state index contributed by atoms with van der Waals surface area (Å²) in [6.07, 6.45) is 1.08. The summed E-state index contributed by atoms with van der Waals surface area (Å²) in [4.78, 5) is 14.1. The van der Waals surface area contributed by atoms with Crippen molar-refractivity contribution in [1.29, 1.82) is 0 Å². The van der Waals surface area contributed by atoms with Crippen LogP contribution in [0.4, 0.5) is 5.69 Å². The summed E-state index contributed by atoms with van der Waals surface area (Å²) in [5.74, 6) is 0.0425. The number of anilines is 1. The Labute approximate surface area is 126 Å². The number of carbonyl (C=O) groups excluding carboxylic acids is 1. The molecule has 110 valence electrons. The normalized spacial score (nSPS) is 10.2. The van der Waals surface area contributed by atoms with Gasteiger partial charge in [-0.05, 0) is 36.2 Å². The Hall–Kier alpha value is -2.29. The van der Waals surface area contributed by atoms with Gasteiger partial charge in [-0.3, -0.25) is 4.79 Å². The molecule has 0 saturated heterocycles. The van der Waals surface area contributed by atoms with Crippen molar-refractivity contribution >= 4 is 11.6 Å². The molecule has 2 rings (SSSR count). The van der Waals surface area contributed by atoms with Crippen molar-refractivity contribution in [2.24, 2.45) is 0 Å². The fourth-order valence-corrected chi connectivity index (χ4v) is 2.15. The Balaban J connectivity index is 1.98. The number of rotatable bonds is 6. The minimum Gasteiger partial charge on any atom is -0.385 e. The number of hydrogen-bond acceptors (Lipinski definition) is 2. The first kappa shape index (κ1) is 15.1. The molecule has 2 aromatic rings. The molecule has 0 aliphatic rings. The smallest absolute Gasteiger partial charge is 0.253 e.